The molecule has 2 aliphatic carbocycles. The van der Waals surface area contributed by atoms with Crippen LogP contribution in [0.1, 0.15) is 12.8 Å². The van der Waals surface area contributed by atoms with Crippen molar-refractivity contribution in [3.8, 4) is 0 Å². The molecule has 2 unspecified atom stereocenters. The number of carbonyl (C=O) groups excluding carboxylic acids is 2. The predicted octanol–water partition coefficient (Wildman–Crippen LogP) is 1.70. The Labute approximate surface area is 277 Å². The summed E-state index contributed by atoms with van der Waals surface area (Å²) in [5, 5.41) is 2.83. The molecule has 0 heterocycles. The van der Waals surface area contributed by atoms with Crippen molar-refractivity contribution in [2.45, 2.75) is 33.1 Å². The summed E-state index contributed by atoms with van der Waals surface area (Å²) in [7, 11) is -20.2. The number of anilines is 2. The maximum absolute atomic E-state index is 13.6. The molecule has 24 heteroatoms. The van der Waals surface area contributed by atoms with Crippen LogP contribution in [0.3, 0.4) is 0 Å². The van der Waals surface area contributed by atoms with Gasteiger partial charge in [-0.2, -0.15) is 43.9 Å². The lowest BCUT2D eigenvalue weighted by molar-refractivity contribution is -0.115. The number of Topliss-reactive ketones (excluding diaryl/α,β-unsaturated/α-hetero) is 2. The van der Waals surface area contributed by atoms with Crippen molar-refractivity contribution in [1.82, 2.24) is 0 Å². The Morgan fingerprint density at radius 1 is 0.630 bits per heavy atom. The molecule has 0 spiro atoms. The molecule has 18 nitrogen and oxygen atoms in total. The topological polar surface area (TPSA) is 300 Å². The summed E-state index contributed by atoms with van der Waals surface area (Å²) >= 11 is 6.01. The maximum Gasteiger partial charge on any atom is 0.296 e. The summed E-state index contributed by atoms with van der Waals surface area (Å²) in [4.78, 5) is 25.6. The van der Waals surface area contributed by atoms with Gasteiger partial charge in [0.15, 0.2) is 0 Å². The van der Waals surface area contributed by atoms with Gasteiger partial charge < -0.3 is 0 Å². The van der Waals surface area contributed by atoms with Crippen LogP contribution in [0.15, 0.2) is 76.5 Å². The highest BCUT2D eigenvalue weighted by Crippen LogP contribution is 2.36. The van der Waals surface area contributed by atoms with Crippen molar-refractivity contribution >= 4 is 107 Å². The van der Waals surface area contributed by atoms with Crippen LogP contribution in [-0.4, -0.2) is 85.4 Å². The highest BCUT2D eigenvalue weighted by Gasteiger charge is 2.50. The van der Waals surface area contributed by atoms with Crippen molar-refractivity contribution in [3.05, 3.63) is 56.5 Å². The zero-order valence-corrected chi connectivity index (χ0v) is 28.6. The van der Waals surface area contributed by atoms with E-state index >= 15 is 0 Å². The summed E-state index contributed by atoms with van der Waals surface area (Å²) in [6, 6.07) is 6.59. The number of ketones is 2. The first-order valence-corrected chi connectivity index (χ1v) is 19.4. The van der Waals surface area contributed by atoms with E-state index in [2.05, 4.69) is 52.9 Å². The first-order chi connectivity index (χ1) is 21.0. The lowest BCUT2D eigenvalue weighted by atomic mass is 9.78. The Bertz CT molecular complexity index is 2080. The van der Waals surface area contributed by atoms with E-state index in [1.54, 1.807) is 0 Å². The number of carbonyl (C=O) groups is 2. The highest BCUT2D eigenvalue weighted by atomic mass is 79.9. The molecule has 0 aromatic heterocycles. The van der Waals surface area contributed by atoms with Crippen LogP contribution < -0.4 is 10.9 Å². The van der Waals surface area contributed by atoms with Gasteiger partial charge in [0.1, 0.15) is 31.7 Å². The molecule has 2 aromatic rings. The fourth-order valence-corrected chi connectivity index (χ4v) is 8.55. The van der Waals surface area contributed by atoms with Crippen LogP contribution in [0.25, 0.3) is 0 Å². The monoisotopic (exact) mass is 848 g/mol. The SMILES string of the molecule is O=C1C(=NNc2ccc(Br)cc2S(=O)(=O)O)C(S(=O)(=O)O)CC2=C1C(=O)C(=NNc1ccc(Br)cc1S(=O)(=O)O)C(S(=O)(=O)O)C2. The van der Waals surface area contributed by atoms with Gasteiger partial charge in [0.25, 0.3) is 40.5 Å². The first kappa shape index (κ1) is 35.9. The molecule has 248 valence electrons. The van der Waals surface area contributed by atoms with Gasteiger partial charge in [-0.3, -0.25) is 38.7 Å². The minimum absolute atomic E-state index is 0.186. The van der Waals surface area contributed by atoms with Crippen molar-refractivity contribution in [1.29, 1.82) is 0 Å². The minimum Gasteiger partial charge on any atom is -0.287 e. The van der Waals surface area contributed by atoms with Gasteiger partial charge in [-0.25, -0.2) is 0 Å². The van der Waals surface area contributed by atoms with Gasteiger partial charge in [0.05, 0.1) is 16.9 Å². The average molecular weight is 850 g/mol. The standard InChI is InChI=1S/C22H18Br2N4O14S4/c23-10-1-3-12(14(7-10)43(31,32)33)25-27-19-16(45(37,38)39)5-9-6-17(46(40,41)42)20(22(30)18(9)21(19)29)28-26-13-4-2-11(24)8-15(13)44(34,35)36/h1-4,7-8,16-17,25-26H,5-6H2,(H,31,32,33)(H,34,35,36)(H,37,38,39)(H,40,41,42). The summed E-state index contributed by atoms with van der Waals surface area (Å²) in [5.74, 6) is -2.92. The molecular weight excluding hydrogens is 832 g/mol. The maximum atomic E-state index is 13.6. The van der Waals surface area contributed by atoms with Gasteiger partial charge in [0.2, 0.25) is 11.6 Å². The van der Waals surface area contributed by atoms with E-state index in [4.69, 9.17) is 0 Å². The number of hydrazone groups is 2. The van der Waals surface area contributed by atoms with E-state index < -0.39 is 119 Å². The second-order valence-corrected chi connectivity index (χ2v) is 17.3. The van der Waals surface area contributed by atoms with E-state index in [9.17, 15) is 61.5 Å². The normalized spacial score (nSPS) is 21.4. The van der Waals surface area contributed by atoms with Crippen molar-refractivity contribution in [2.75, 3.05) is 10.9 Å². The Morgan fingerprint density at radius 3 is 1.28 bits per heavy atom. The van der Waals surface area contributed by atoms with Crippen LogP contribution in [0, 0.1) is 0 Å². The van der Waals surface area contributed by atoms with E-state index in [0.717, 1.165) is 24.3 Å². The third kappa shape index (κ3) is 7.61. The molecule has 2 aromatic carbocycles. The molecule has 6 N–H and O–H groups in total. The second-order valence-electron chi connectivity index (χ2n) is 9.50. The number of nitrogens with one attached hydrogen (secondary N) is 2. The molecule has 0 aliphatic heterocycles. The largest absolute Gasteiger partial charge is 0.296 e. The van der Waals surface area contributed by atoms with Gasteiger partial charge in [0, 0.05) is 8.95 Å². The Balaban J connectivity index is 1.84. The van der Waals surface area contributed by atoms with Crippen molar-refractivity contribution < 1.29 is 61.5 Å². The molecule has 46 heavy (non-hydrogen) atoms. The number of halogens is 2. The molecule has 0 fully saturated rings. The predicted molar refractivity (Wildman–Crippen MR) is 167 cm³/mol. The van der Waals surface area contributed by atoms with Gasteiger partial charge in [-0.15, -0.1) is 0 Å². The summed E-state index contributed by atoms with van der Waals surface area (Å²) in [6.07, 6.45) is -1.77. The molecule has 0 radical (unpaired) electrons. The number of hydrogen-bond acceptors (Lipinski definition) is 14. The molecule has 2 aliphatic rings. The van der Waals surface area contributed by atoms with Crippen LogP contribution in [0.5, 0.6) is 0 Å². The molecule has 0 bridgehead atoms. The van der Waals surface area contributed by atoms with E-state index in [-0.39, 0.29) is 8.95 Å². The van der Waals surface area contributed by atoms with E-state index in [1.807, 2.05) is 0 Å². The summed E-state index contributed by atoms with van der Waals surface area (Å²) in [5.41, 5.74) is -0.0667. The summed E-state index contributed by atoms with van der Waals surface area (Å²) < 4.78 is 136. The average Bonchev–Trinajstić information content (AvgIpc) is 2.90. The van der Waals surface area contributed by atoms with E-state index in [0.29, 0.717) is 0 Å². The quantitative estimate of drug-likeness (QED) is 0.125. The van der Waals surface area contributed by atoms with Gasteiger partial charge >= 0.3 is 0 Å². The first-order valence-electron chi connectivity index (χ1n) is 12.0. The fourth-order valence-electron chi connectivity index (χ4n) is 4.48. The van der Waals surface area contributed by atoms with E-state index in [1.165, 1.54) is 12.1 Å². The fraction of sp³-hybridized carbons (Fsp3) is 0.182. The lowest BCUT2D eigenvalue weighted by Crippen LogP contribution is -2.49. The third-order valence-electron chi connectivity index (χ3n) is 6.50. The summed E-state index contributed by atoms with van der Waals surface area (Å²) in [6.45, 7) is 0. The van der Waals surface area contributed by atoms with Gasteiger partial charge in [-0.1, -0.05) is 37.4 Å². The molecule has 0 amide bonds. The highest BCUT2D eigenvalue weighted by molar-refractivity contribution is 9.10. The van der Waals surface area contributed by atoms with Crippen LogP contribution in [0.2, 0.25) is 0 Å². The number of nitrogens with zero attached hydrogens (tertiary/aromatic N) is 2. The smallest absolute Gasteiger partial charge is 0.287 e. The van der Waals surface area contributed by atoms with Crippen molar-refractivity contribution in [2.24, 2.45) is 10.2 Å². The number of hydrogen-bond donors (Lipinski definition) is 6. The number of rotatable bonds is 8. The Hall–Kier alpha value is -2.94. The zero-order chi connectivity index (χ0) is 34.6. The van der Waals surface area contributed by atoms with Crippen LogP contribution >= 0.6 is 31.9 Å². The molecular formula is C22H18Br2N4O14S4. The van der Waals surface area contributed by atoms with Crippen LogP contribution in [0.4, 0.5) is 11.4 Å². The Kier molecular flexibility index (Phi) is 9.82. The molecule has 4 rings (SSSR count). The number of benzene rings is 2. The van der Waals surface area contributed by atoms with Crippen LogP contribution in [-0.2, 0) is 50.1 Å². The molecule has 0 saturated carbocycles. The third-order valence-corrected chi connectivity index (χ3v) is 11.5. The Morgan fingerprint density at radius 2 is 0.978 bits per heavy atom. The molecule has 0 saturated heterocycles. The second kappa shape index (κ2) is 12.6. The zero-order valence-electron chi connectivity index (χ0n) is 22.2. The van der Waals surface area contributed by atoms with Gasteiger partial charge in [-0.05, 0) is 49.2 Å². The molecule has 2 atom stereocenters. The van der Waals surface area contributed by atoms with Crippen molar-refractivity contribution in [3.63, 3.8) is 0 Å². The minimum atomic E-state index is -5.21. The number of allylic oxidation sites excluding steroid dienone is 2. The lowest BCUT2D eigenvalue weighted by Gasteiger charge is -2.31.